The number of aryl methyl sites for hydroxylation is 1. The first-order chi connectivity index (χ1) is 10.5. The van der Waals surface area contributed by atoms with Crippen molar-refractivity contribution in [3.8, 4) is 11.5 Å². The predicted molar refractivity (Wildman–Crippen MR) is 75.8 cm³/mol. The van der Waals surface area contributed by atoms with Crippen LogP contribution in [0.15, 0.2) is 27.5 Å². The van der Waals surface area contributed by atoms with Gasteiger partial charge in [-0.05, 0) is 23.5 Å². The number of carbonyl (C=O) groups is 1. The number of aromatic amines is 1. The molecule has 22 heavy (non-hydrogen) atoms. The van der Waals surface area contributed by atoms with Gasteiger partial charge in [-0.1, -0.05) is 4.68 Å². The smallest absolute Gasteiger partial charge is 0.431 e. The molecule has 0 radical (unpaired) electrons. The highest BCUT2D eigenvalue weighted by Crippen LogP contribution is 2.27. The first-order valence-corrected chi connectivity index (χ1v) is 6.51. The molecule has 0 fully saturated rings. The third-order valence-electron chi connectivity index (χ3n) is 3.28. The maximum atomic E-state index is 12.4. The van der Waals surface area contributed by atoms with Crippen LogP contribution in [0.25, 0.3) is 0 Å². The van der Waals surface area contributed by atoms with E-state index < -0.39 is 5.63 Å². The number of nitrogens with zero attached hydrogens (tertiary/aromatic N) is 2. The van der Waals surface area contributed by atoms with Gasteiger partial charge in [0.2, 0.25) is 0 Å². The molecule has 0 spiro atoms. The van der Waals surface area contributed by atoms with Crippen LogP contribution in [0.2, 0.25) is 0 Å². The number of rotatable bonds is 5. The highest BCUT2D eigenvalue weighted by molar-refractivity contribution is 5.94. The monoisotopic (exact) mass is 308 g/mol. The first kappa shape index (κ1) is 15.6. The van der Waals surface area contributed by atoms with Gasteiger partial charge in [0.25, 0.3) is 5.91 Å². The van der Waals surface area contributed by atoms with Gasteiger partial charge in [0.15, 0.2) is 18.5 Å². The van der Waals surface area contributed by atoms with Crippen LogP contribution >= 0.6 is 0 Å². The normalized spacial score (nSPS) is 10.4. The third kappa shape index (κ3) is 2.95. The zero-order valence-corrected chi connectivity index (χ0v) is 12.9. The number of carbonyl (C=O) groups excluding carboxylic acids is 1. The second-order valence-electron chi connectivity index (χ2n) is 4.72. The Morgan fingerprint density at radius 1 is 1.32 bits per heavy atom. The minimum atomic E-state index is -0.505. The van der Waals surface area contributed by atoms with Crippen LogP contribution in [0.5, 0.6) is 11.5 Å². The van der Waals surface area contributed by atoms with E-state index in [2.05, 4.69) is 9.79 Å². The third-order valence-corrected chi connectivity index (χ3v) is 3.28. The van der Waals surface area contributed by atoms with Crippen molar-refractivity contribution in [1.29, 1.82) is 0 Å². The fourth-order valence-corrected chi connectivity index (χ4v) is 2.02. The lowest BCUT2D eigenvalue weighted by Gasteiger charge is -2.15. The molecular weight excluding hydrogens is 290 g/mol. The molecule has 1 aromatic heterocycles. The molecule has 0 bridgehead atoms. The minimum Gasteiger partial charge on any atom is -0.493 e. The lowest BCUT2D eigenvalue weighted by Crippen LogP contribution is -2.40. The van der Waals surface area contributed by atoms with Gasteiger partial charge in [-0.3, -0.25) is 9.32 Å². The van der Waals surface area contributed by atoms with E-state index in [0.29, 0.717) is 22.8 Å². The van der Waals surface area contributed by atoms with Crippen LogP contribution in [0.1, 0.15) is 16.1 Å². The van der Waals surface area contributed by atoms with Gasteiger partial charge in [-0.2, -0.15) is 0 Å². The number of amides is 1. The average Bonchev–Trinajstić information content (AvgIpc) is 2.85. The summed E-state index contributed by atoms with van der Waals surface area (Å²) in [6.07, 6.45) is 0. The van der Waals surface area contributed by atoms with Crippen molar-refractivity contribution in [3.05, 3.63) is 39.9 Å². The van der Waals surface area contributed by atoms with Crippen LogP contribution in [0.4, 0.5) is 0 Å². The van der Waals surface area contributed by atoms with Gasteiger partial charge in [0.1, 0.15) is 6.54 Å². The van der Waals surface area contributed by atoms with E-state index in [4.69, 9.17) is 9.47 Å². The summed E-state index contributed by atoms with van der Waals surface area (Å²) >= 11 is 0. The molecule has 0 aliphatic rings. The molecule has 0 aliphatic carbocycles. The zero-order valence-electron chi connectivity index (χ0n) is 12.9. The second-order valence-corrected chi connectivity index (χ2v) is 4.72. The molecule has 0 saturated heterocycles. The Kier molecular flexibility index (Phi) is 4.50. The molecular formula is C14H18N3O5+. The number of benzene rings is 1. The summed E-state index contributed by atoms with van der Waals surface area (Å²) in [5.41, 5.74) is 0.272. The van der Waals surface area contributed by atoms with Gasteiger partial charge in [-0.15, -0.1) is 0 Å². The standard InChI is InChI=1S/C14H17N3O5/c1-16(8-10-14(19)22-15-17(10)2)13(18)9-5-6-11(20-3)12(7-9)21-4/h5-7H,8H2,1-4H3/p+1. The molecule has 1 heterocycles. The van der Waals surface area contributed by atoms with E-state index in [1.54, 1.807) is 32.3 Å². The maximum Gasteiger partial charge on any atom is 0.431 e. The summed E-state index contributed by atoms with van der Waals surface area (Å²) in [4.78, 5) is 25.4. The van der Waals surface area contributed by atoms with Crippen LogP contribution < -0.4 is 19.8 Å². The molecule has 1 aromatic carbocycles. The Labute approximate surface area is 126 Å². The number of hydrogen-bond donors (Lipinski definition) is 1. The summed E-state index contributed by atoms with van der Waals surface area (Å²) in [5.74, 6) is 0.759. The quantitative estimate of drug-likeness (QED) is 0.790. The van der Waals surface area contributed by atoms with Crippen LogP contribution in [0.3, 0.4) is 0 Å². The van der Waals surface area contributed by atoms with E-state index in [1.165, 1.54) is 23.8 Å². The minimum absolute atomic E-state index is 0.121. The van der Waals surface area contributed by atoms with Gasteiger partial charge in [-0.25, -0.2) is 4.79 Å². The molecule has 2 aromatic rings. The predicted octanol–water partition coefficient (Wildman–Crippen LogP) is 0.0818. The first-order valence-electron chi connectivity index (χ1n) is 6.51. The lowest BCUT2D eigenvalue weighted by atomic mass is 10.1. The molecule has 1 N–H and O–H groups in total. The number of H-pyrrole nitrogens is 1. The average molecular weight is 308 g/mol. The van der Waals surface area contributed by atoms with Gasteiger partial charge < -0.3 is 14.4 Å². The Bertz CT molecular complexity index is 734. The van der Waals surface area contributed by atoms with E-state index in [-0.39, 0.29) is 12.5 Å². The maximum absolute atomic E-state index is 12.4. The molecule has 8 nitrogen and oxygen atoms in total. The zero-order chi connectivity index (χ0) is 16.3. The number of methoxy groups -OCH3 is 2. The Balaban J connectivity index is 2.22. The van der Waals surface area contributed by atoms with E-state index in [0.717, 1.165) is 0 Å². The molecule has 1 amide bonds. The highest BCUT2D eigenvalue weighted by atomic mass is 16.5. The number of ether oxygens (including phenoxy) is 2. The van der Waals surface area contributed by atoms with Crippen molar-refractivity contribution >= 4 is 5.91 Å². The summed E-state index contributed by atoms with van der Waals surface area (Å²) in [7, 11) is 6.26. The van der Waals surface area contributed by atoms with E-state index in [1.807, 2.05) is 0 Å². The fourth-order valence-electron chi connectivity index (χ4n) is 2.02. The SMILES string of the molecule is COc1ccc(C(=O)N(C)Cc2c(=O)o[nH][n+]2C)cc1OC. The Morgan fingerprint density at radius 3 is 2.55 bits per heavy atom. The summed E-state index contributed by atoms with van der Waals surface area (Å²) < 4.78 is 16.4. The van der Waals surface area contributed by atoms with Crippen LogP contribution in [-0.2, 0) is 13.6 Å². The van der Waals surface area contributed by atoms with Crippen molar-refractivity contribution in [2.24, 2.45) is 7.05 Å². The Hall–Kier alpha value is -2.77. The molecule has 0 unspecified atom stereocenters. The van der Waals surface area contributed by atoms with Crippen molar-refractivity contribution < 1.29 is 23.5 Å². The Morgan fingerprint density at radius 2 is 2.00 bits per heavy atom. The van der Waals surface area contributed by atoms with Crippen molar-refractivity contribution in [2.75, 3.05) is 21.3 Å². The van der Waals surface area contributed by atoms with Gasteiger partial charge >= 0.3 is 11.3 Å². The molecule has 0 saturated carbocycles. The van der Waals surface area contributed by atoms with Crippen molar-refractivity contribution in [1.82, 2.24) is 10.2 Å². The van der Waals surface area contributed by atoms with E-state index in [9.17, 15) is 9.59 Å². The number of nitrogens with one attached hydrogen (secondary N) is 1. The van der Waals surface area contributed by atoms with Crippen molar-refractivity contribution in [2.45, 2.75) is 6.54 Å². The lowest BCUT2D eigenvalue weighted by molar-refractivity contribution is -0.746. The summed E-state index contributed by atoms with van der Waals surface area (Å²) in [6.45, 7) is 0.121. The molecule has 118 valence electrons. The molecule has 8 heteroatoms. The van der Waals surface area contributed by atoms with Gasteiger partial charge in [0.05, 0.1) is 14.2 Å². The largest absolute Gasteiger partial charge is 0.493 e. The van der Waals surface area contributed by atoms with Crippen LogP contribution in [0, 0.1) is 0 Å². The number of aromatic nitrogens is 2. The molecule has 0 atom stereocenters. The molecule has 2 rings (SSSR count). The number of hydrogen-bond acceptors (Lipinski definition) is 5. The fraction of sp³-hybridized carbons (Fsp3) is 0.357. The second kappa shape index (κ2) is 6.33. The van der Waals surface area contributed by atoms with Gasteiger partial charge in [0, 0.05) is 12.6 Å². The van der Waals surface area contributed by atoms with Crippen LogP contribution in [-0.4, -0.2) is 37.3 Å². The summed E-state index contributed by atoms with van der Waals surface area (Å²) in [6, 6.07) is 4.89. The van der Waals surface area contributed by atoms with E-state index >= 15 is 0 Å². The topological polar surface area (TPSA) is 88.6 Å². The highest BCUT2D eigenvalue weighted by Gasteiger charge is 2.23. The van der Waals surface area contributed by atoms with Crippen molar-refractivity contribution in [3.63, 3.8) is 0 Å². The molecule has 0 aliphatic heterocycles. The summed E-state index contributed by atoms with van der Waals surface area (Å²) in [5, 5.41) is 2.41.